The first-order valence-electron chi connectivity index (χ1n) is 13.6. The molecular formula is C32H35F2N3O3. The van der Waals surface area contributed by atoms with Gasteiger partial charge in [0.05, 0.1) is 6.04 Å². The van der Waals surface area contributed by atoms with Crippen molar-refractivity contribution in [3.63, 3.8) is 0 Å². The van der Waals surface area contributed by atoms with Crippen molar-refractivity contribution in [2.45, 2.75) is 52.2 Å². The molecular weight excluding hydrogens is 512 g/mol. The molecule has 0 fully saturated rings. The van der Waals surface area contributed by atoms with Crippen LogP contribution >= 0.6 is 0 Å². The van der Waals surface area contributed by atoms with E-state index < -0.39 is 35.4 Å². The number of nitrogens with one attached hydrogen (secondary N) is 2. The molecule has 0 radical (unpaired) electrons. The first-order valence-corrected chi connectivity index (χ1v) is 13.6. The maximum Gasteiger partial charge on any atom is 0.246 e. The maximum absolute atomic E-state index is 14.1. The molecule has 0 saturated heterocycles. The first-order chi connectivity index (χ1) is 19.1. The van der Waals surface area contributed by atoms with Gasteiger partial charge in [-0.1, -0.05) is 68.4 Å². The number of amides is 3. The monoisotopic (exact) mass is 547 g/mol. The molecule has 6 nitrogen and oxygen atoms in total. The molecule has 8 heteroatoms. The lowest BCUT2D eigenvalue weighted by Gasteiger charge is -2.41. The van der Waals surface area contributed by atoms with Gasteiger partial charge in [0, 0.05) is 25.6 Å². The Morgan fingerprint density at radius 3 is 2.20 bits per heavy atom. The van der Waals surface area contributed by atoms with Crippen molar-refractivity contribution in [1.29, 1.82) is 0 Å². The average molecular weight is 548 g/mol. The van der Waals surface area contributed by atoms with Gasteiger partial charge >= 0.3 is 0 Å². The second-order valence-electron chi connectivity index (χ2n) is 10.6. The van der Waals surface area contributed by atoms with Crippen molar-refractivity contribution < 1.29 is 23.2 Å². The van der Waals surface area contributed by atoms with E-state index in [0.717, 1.165) is 35.7 Å². The highest BCUT2D eigenvalue weighted by atomic mass is 19.1. The van der Waals surface area contributed by atoms with Gasteiger partial charge in [0.15, 0.2) is 0 Å². The van der Waals surface area contributed by atoms with Crippen LogP contribution in [0.1, 0.15) is 49.1 Å². The molecule has 0 spiro atoms. The Balaban J connectivity index is 1.51. The fraction of sp³-hybridized carbons (Fsp3) is 0.344. The van der Waals surface area contributed by atoms with Crippen LogP contribution in [0.4, 0.5) is 8.78 Å². The van der Waals surface area contributed by atoms with E-state index in [0.29, 0.717) is 6.54 Å². The molecule has 3 amide bonds. The summed E-state index contributed by atoms with van der Waals surface area (Å²) in [5.74, 6) is -3.90. The zero-order valence-corrected chi connectivity index (χ0v) is 23.0. The third kappa shape index (κ3) is 6.92. The van der Waals surface area contributed by atoms with Gasteiger partial charge in [-0.15, -0.1) is 0 Å². The Hall–Kier alpha value is -4.07. The molecule has 0 saturated carbocycles. The number of fused-ring (bicyclic) bond motifs is 1. The van der Waals surface area contributed by atoms with E-state index in [9.17, 15) is 23.2 Å². The molecule has 40 heavy (non-hydrogen) atoms. The fourth-order valence-electron chi connectivity index (χ4n) is 5.29. The number of halogens is 2. The molecule has 1 heterocycles. The van der Waals surface area contributed by atoms with Crippen LogP contribution in [0.2, 0.25) is 0 Å². The van der Waals surface area contributed by atoms with E-state index in [2.05, 4.69) is 36.6 Å². The van der Waals surface area contributed by atoms with E-state index in [-0.39, 0.29) is 36.4 Å². The van der Waals surface area contributed by atoms with E-state index in [1.807, 2.05) is 47.4 Å². The Morgan fingerprint density at radius 1 is 0.875 bits per heavy atom. The summed E-state index contributed by atoms with van der Waals surface area (Å²) in [6, 6.07) is 19.5. The Kier molecular flexibility index (Phi) is 9.30. The van der Waals surface area contributed by atoms with Gasteiger partial charge in [-0.3, -0.25) is 14.4 Å². The van der Waals surface area contributed by atoms with Crippen molar-refractivity contribution in [1.82, 2.24) is 15.5 Å². The van der Waals surface area contributed by atoms with Gasteiger partial charge in [-0.05, 0) is 53.6 Å². The molecule has 3 aromatic rings. The van der Waals surface area contributed by atoms with Gasteiger partial charge < -0.3 is 15.5 Å². The molecule has 2 N–H and O–H groups in total. The summed E-state index contributed by atoms with van der Waals surface area (Å²) in [6.45, 7) is 5.99. The Labute approximate surface area is 233 Å². The molecule has 3 atom stereocenters. The topological polar surface area (TPSA) is 78.5 Å². The SMILES string of the molecule is CC(C(=O)NCc1cc(F)cc(F)c1)C(=O)NC(Cc1ccccc1)C(=O)N1CCc2ccccc2C1C(C)C. The van der Waals surface area contributed by atoms with E-state index >= 15 is 0 Å². The Bertz CT molecular complexity index is 1340. The number of rotatable bonds is 9. The van der Waals surface area contributed by atoms with E-state index in [1.54, 1.807) is 0 Å². The molecule has 210 valence electrons. The van der Waals surface area contributed by atoms with Gasteiger partial charge in [0.1, 0.15) is 23.6 Å². The zero-order chi connectivity index (χ0) is 28.8. The molecule has 4 rings (SSSR count). The number of nitrogens with zero attached hydrogens (tertiary/aromatic N) is 1. The lowest BCUT2D eigenvalue weighted by molar-refractivity contribution is -0.142. The lowest BCUT2D eigenvalue weighted by Crippen LogP contribution is -2.54. The van der Waals surface area contributed by atoms with E-state index in [4.69, 9.17) is 0 Å². The first kappa shape index (κ1) is 28.9. The standard InChI is InChI=1S/C32H35F2N3O3/c1-20(2)29-27-12-8-7-11-24(27)13-14-37(29)32(40)28(17-22-9-5-4-6-10-22)36-31(39)21(3)30(38)35-19-23-15-25(33)18-26(34)16-23/h4-12,15-16,18,20-21,28-29H,13-14,17,19H2,1-3H3,(H,35,38)(H,36,39). The predicted molar refractivity (Wildman–Crippen MR) is 149 cm³/mol. The van der Waals surface area contributed by atoms with Crippen LogP contribution in [-0.4, -0.2) is 35.2 Å². The summed E-state index contributed by atoms with van der Waals surface area (Å²) in [7, 11) is 0. The minimum Gasteiger partial charge on any atom is -0.351 e. The van der Waals surface area contributed by atoms with Crippen LogP contribution in [0, 0.1) is 23.5 Å². The third-order valence-corrected chi connectivity index (χ3v) is 7.32. The molecule has 0 aromatic heterocycles. The second kappa shape index (κ2) is 12.9. The molecule has 3 aromatic carbocycles. The molecule has 0 aliphatic carbocycles. The Morgan fingerprint density at radius 2 is 1.52 bits per heavy atom. The van der Waals surface area contributed by atoms with Gasteiger partial charge in [0.2, 0.25) is 17.7 Å². The van der Waals surface area contributed by atoms with Crippen LogP contribution in [0.3, 0.4) is 0 Å². The van der Waals surface area contributed by atoms with Crippen molar-refractivity contribution in [3.05, 3.63) is 107 Å². The molecule has 1 aliphatic heterocycles. The lowest BCUT2D eigenvalue weighted by atomic mass is 9.85. The van der Waals surface area contributed by atoms with Crippen LogP contribution in [0.15, 0.2) is 72.8 Å². The second-order valence-corrected chi connectivity index (χ2v) is 10.6. The highest BCUT2D eigenvalue weighted by Gasteiger charge is 2.37. The largest absolute Gasteiger partial charge is 0.351 e. The quantitative estimate of drug-likeness (QED) is 0.381. The third-order valence-electron chi connectivity index (χ3n) is 7.32. The number of hydrogen-bond donors (Lipinski definition) is 2. The predicted octanol–water partition coefficient (Wildman–Crippen LogP) is 4.73. The summed E-state index contributed by atoms with van der Waals surface area (Å²) in [6.07, 6.45) is 0.988. The van der Waals surface area contributed by atoms with Gasteiger partial charge in [-0.25, -0.2) is 8.78 Å². The highest BCUT2D eigenvalue weighted by Crippen LogP contribution is 2.35. The van der Waals surface area contributed by atoms with Crippen LogP contribution in [0.5, 0.6) is 0 Å². The van der Waals surface area contributed by atoms with Crippen molar-refractivity contribution in [2.24, 2.45) is 11.8 Å². The van der Waals surface area contributed by atoms with Crippen molar-refractivity contribution in [2.75, 3.05) is 6.54 Å². The normalized spacial score (nSPS) is 16.1. The summed E-state index contributed by atoms with van der Waals surface area (Å²) < 4.78 is 27.0. The molecule has 3 unspecified atom stereocenters. The van der Waals surface area contributed by atoms with Crippen molar-refractivity contribution >= 4 is 17.7 Å². The molecule has 0 bridgehead atoms. The van der Waals surface area contributed by atoms with Gasteiger partial charge in [-0.2, -0.15) is 0 Å². The zero-order valence-electron chi connectivity index (χ0n) is 23.0. The number of hydrogen-bond acceptors (Lipinski definition) is 3. The maximum atomic E-state index is 14.1. The smallest absolute Gasteiger partial charge is 0.246 e. The van der Waals surface area contributed by atoms with Crippen molar-refractivity contribution in [3.8, 4) is 0 Å². The summed E-state index contributed by atoms with van der Waals surface area (Å²) in [4.78, 5) is 41.9. The number of carbonyl (C=O) groups is 3. The van der Waals surface area contributed by atoms with Gasteiger partial charge in [0.25, 0.3) is 0 Å². The minimum atomic E-state index is -1.13. The highest BCUT2D eigenvalue weighted by molar-refractivity contribution is 6.01. The van der Waals surface area contributed by atoms with Crippen LogP contribution in [-0.2, 0) is 33.8 Å². The summed E-state index contributed by atoms with van der Waals surface area (Å²) >= 11 is 0. The number of benzene rings is 3. The van der Waals surface area contributed by atoms with E-state index in [1.165, 1.54) is 12.5 Å². The van der Waals surface area contributed by atoms with Crippen LogP contribution < -0.4 is 10.6 Å². The van der Waals surface area contributed by atoms with Crippen LogP contribution in [0.25, 0.3) is 0 Å². The summed E-state index contributed by atoms with van der Waals surface area (Å²) in [5.41, 5.74) is 3.45. The number of carbonyl (C=O) groups excluding carboxylic acids is 3. The average Bonchev–Trinajstić information content (AvgIpc) is 2.94. The molecule has 1 aliphatic rings. The fourth-order valence-corrected chi connectivity index (χ4v) is 5.29. The minimum absolute atomic E-state index is 0.138. The summed E-state index contributed by atoms with van der Waals surface area (Å²) in [5, 5.41) is 5.39.